The molecule has 10 heavy (non-hydrogen) atoms. The monoisotopic (exact) mass is 164 g/mol. The van der Waals surface area contributed by atoms with Crippen LogP contribution in [-0.4, -0.2) is 27.8 Å². The Hall–Kier alpha value is -0.260. The van der Waals surface area contributed by atoms with Crippen LogP contribution in [0.3, 0.4) is 0 Å². The predicted molar refractivity (Wildman–Crippen MR) is 42.9 cm³/mol. The Morgan fingerprint density at radius 2 is 2.10 bits per heavy atom. The zero-order valence-electron chi connectivity index (χ0n) is 5.94. The van der Waals surface area contributed by atoms with Gasteiger partial charge in [0.05, 0.1) is 5.60 Å². The third-order valence-electron chi connectivity index (χ3n) is 1.06. The summed E-state index contributed by atoms with van der Waals surface area (Å²) in [5.74, 6) is -0.0872. The second-order valence-electron chi connectivity index (χ2n) is 2.58. The molecule has 0 aliphatic rings. The highest BCUT2D eigenvalue weighted by molar-refractivity contribution is 7.79. The topological polar surface area (TPSA) is 78.8 Å². The van der Waals surface area contributed by atoms with E-state index in [9.17, 15) is 0 Å². The van der Waals surface area contributed by atoms with Crippen LogP contribution in [0.1, 0.15) is 13.8 Å². The Balaban J connectivity index is 4.23. The maximum atomic E-state index is 9.14. The first-order chi connectivity index (χ1) is 4.39. The lowest BCUT2D eigenvalue weighted by molar-refractivity contribution is -0.0130. The van der Waals surface area contributed by atoms with Gasteiger partial charge in [0.2, 0.25) is 0 Å². The van der Waals surface area contributed by atoms with Crippen molar-refractivity contribution < 1.29 is 10.2 Å². The van der Waals surface area contributed by atoms with Crippen molar-refractivity contribution in [3.8, 4) is 0 Å². The standard InChI is InChI=1S/C5H12N2O2S/c1-5(2,9)3(8)4(6)7-10/h3,8-10H,1-2H3,(H2,6,7)/t3-/m0/s1. The number of nitrogens with zero attached hydrogens (tertiary/aromatic N) is 1. The molecule has 0 saturated carbocycles. The van der Waals surface area contributed by atoms with Crippen LogP contribution in [0, 0.1) is 0 Å². The van der Waals surface area contributed by atoms with Crippen LogP contribution in [0.25, 0.3) is 0 Å². The minimum atomic E-state index is -1.27. The van der Waals surface area contributed by atoms with Gasteiger partial charge in [-0.1, -0.05) is 0 Å². The molecule has 0 aromatic rings. The van der Waals surface area contributed by atoms with E-state index in [2.05, 4.69) is 17.2 Å². The van der Waals surface area contributed by atoms with Crippen LogP contribution in [-0.2, 0) is 0 Å². The van der Waals surface area contributed by atoms with Crippen molar-refractivity contribution in [3.63, 3.8) is 0 Å². The number of nitrogens with two attached hydrogens (primary N) is 1. The van der Waals surface area contributed by atoms with Crippen molar-refractivity contribution in [2.45, 2.75) is 25.6 Å². The summed E-state index contributed by atoms with van der Waals surface area (Å²) >= 11 is 3.48. The van der Waals surface area contributed by atoms with E-state index in [4.69, 9.17) is 15.9 Å². The summed E-state index contributed by atoms with van der Waals surface area (Å²) < 4.78 is 3.23. The molecule has 0 saturated heterocycles. The maximum Gasteiger partial charge on any atom is 0.140 e. The van der Waals surface area contributed by atoms with Gasteiger partial charge in [0.1, 0.15) is 11.9 Å². The zero-order chi connectivity index (χ0) is 8.36. The van der Waals surface area contributed by atoms with E-state index in [0.717, 1.165) is 0 Å². The smallest absolute Gasteiger partial charge is 0.140 e. The van der Waals surface area contributed by atoms with Crippen LogP contribution < -0.4 is 5.73 Å². The Labute approximate surface area is 65.3 Å². The van der Waals surface area contributed by atoms with Crippen LogP contribution in [0.15, 0.2) is 4.40 Å². The van der Waals surface area contributed by atoms with Gasteiger partial charge in [0.15, 0.2) is 0 Å². The van der Waals surface area contributed by atoms with Crippen molar-refractivity contribution in [3.05, 3.63) is 0 Å². The number of rotatable bonds is 2. The SMILES string of the molecule is CC(C)(O)[C@@H](O)C(N)=NS. The van der Waals surface area contributed by atoms with E-state index in [-0.39, 0.29) is 5.84 Å². The molecule has 1 atom stereocenters. The Morgan fingerprint density at radius 1 is 1.70 bits per heavy atom. The molecule has 4 nitrogen and oxygen atoms in total. The normalized spacial score (nSPS) is 17.1. The second kappa shape index (κ2) is 3.23. The molecule has 0 spiro atoms. The van der Waals surface area contributed by atoms with E-state index in [1.165, 1.54) is 13.8 Å². The van der Waals surface area contributed by atoms with Gasteiger partial charge in [-0.05, 0) is 26.7 Å². The van der Waals surface area contributed by atoms with Gasteiger partial charge in [-0.25, -0.2) is 4.40 Å². The van der Waals surface area contributed by atoms with E-state index < -0.39 is 11.7 Å². The molecule has 4 N–H and O–H groups in total. The van der Waals surface area contributed by atoms with Gasteiger partial charge in [-0.15, -0.1) is 0 Å². The molecule has 0 bridgehead atoms. The average molecular weight is 164 g/mol. The minimum absolute atomic E-state index is 0.0872. The minimum Gasteiger partial charge on any atom is -0.387 e. The predicted octanol–water partition coefficient (Wildman–Crippen LogP) is -0.680. The average Bonchev–Trinajstić information content (AvgIpc) is 1.83. The van der Waals surface area contributed by atoms with Crippen LogP contribution in [0.2, 0.25) is 0 Å². The molecular formula is C5H12N2O2S. The van der Waals surface area contributed by atoms with Gasteiger partial charge < -0.3 is 15.9 Å². The highest BCUT2D eigenvalue weighted by atomic mass is 32.1. The van der Waals surface area contributed by atoms with E-state index >= 15 is 0 Å². The van der Waals surface area contributed by atoms with Crippen molar-refractivity contribution in [1.29, 1.82) is 0 Å². The molecule has 0 radical (unpaired) electrons. The maximum absolute atomic E-state index is 9.14. The van der Waals surface area contributed by atoms with Gasteiger partial charge in [-0.3, -0.25) is 0 Å². The molecule has 0 unspecified atom stereocenters. The third-order valence-corrected chi connectivity index (χ3v) is 1.30. The lowest BCUT2D eigenvalue weighted by atomic mass is 10.0. The summed E-state index contributed by atoms with van der Waals surface area (Å²) in [6.07, 6.45) is -1.16. The molecule has 5 heteroatoms. The van der Waals surface area contributed by atoms with Gasteiger partial charge in [0.25, 0.3) is 0 Å². The third kappa shape index (κ3) is 2.55. The number of aliphatic hydroxyl groups is 2. The Morgan fingerprint density at radius 3 is 2.20 bits per heavy atom. The Kier molecular flexibility index (Phi) is 3.14. The second-order valence-corrected chi connectivity index (χ2v) is 2.78. The molecule has 0 heterocycles. The summed E-state index contributed by atoms with van der Waals surface area (Å²) in [7, 11) is 0. The highest BCUT2D eigenvalue weighted by Crippen LogP contribution is 2.08. The fraction of sp³-hybridized carbons (Fsp3) is 0.800. The molecule has 60 valence electrons. The van der Waals surface area contributed by atoms with Gasteiger partial charge in [0, 0.05) is 0 Å². The number of hydrogen-bond acceptors (Lipinski definition) is 4. The summed E-state index contributed by atoms with van der Waals surface area (Å²) in [5.41, 5.74) is 3.90. The highest BCUT2D eigenvalue weighted by Gasteiger charge is 2.27. The van der Waals surface area contributed by atoms with Crippen LogP contribution in [0.5, 0.6) is 0 Å². The summed E-state index contributed by atoms with van der Waals surface area (Å²) in [5, 5.41) is 18.2. The molecule has 0 aliphatic heterocycles. The van der Waals surface area contributed by atoms with Crippen molar-refractivity contribution in [2.75, 3.05) is 0 Å². The zero-order valence-corrected chi connectivity index (χ0v) is 6.84. The molecule has 0 amide bonds. The van der Waals surface area contributed by atoms with Gasteiger partial charge in [-0.2, -0.15) is 0 Å². The van der Waals surface area contributed by atoms with Crippen LogP contribution >= 0.6 is 12.8 Å². The summed E-state index contributed by atoms with van der Waals surface area (Å²) in [4.78, 5) is 0. The van der Waals surface area contributed by atoms with Crippen molar-refractivity contribution in [1.82, 2.24) is 0 Å². The number of thiol groups is 1. The Bertz CT molecular complexity index is 141. The molecular weight excluding hydrogens is 152 g/mol. The molecule has 0 aliphatic carbocycles. The molecule has 0 aromatic carbocycles. The first-order valence-corrected chi connectivity index (χ1v) is 3.17. The first-order valence-electron chi connectivity index (χ1n) is 2.77. The lowest BCUT2D eigenvalue weighted by Crippen LogP contribution is -2.45. The van der Waals surface area contributed by atoms with E-state index in [1.54, 1.807) is 0 Å². The first kappa shape index (κ1) is 9.74. The largest absolute Gasteiger partial charge is 0.387 e. The molecule has 0 rings (SSSR count). The van der Waals surface area contributed by atoms with Gasteiger partial charge >= 0.3 is 0 Å². The molecule has 0 fully saturated rings. The van der Waals surface area contributed by atoms with E-state index in [0.29, 0.717) is 0 Å². The number of amidine groups is 1. The molecule has 0 aromatic heterocycles. The number of aliphatic hydroxyl groups excluding tert-OH is 1. The lowest BCUT2D eigenvalue weighted by Gasteiger charge is -2.23. The fourth-order valence-corrected chi connectivity index (χ4v) is 0.526. The summed E-state index contributed by atoms with van der Waals surface area (Å²) in [6.45, 7) is 2.87. The summed E-state index contributed by atoms with van der Waals surface area (Å²) in [6, 6.07) is 0. The van der Waals surface area contributed by atoms with Crippen molar-refractivity contribution >= 4 is 18.7 Å². The fourth-order valence-electron chi connectivity index (χ4n) is 0.417. The van der Waals surface area contributed by atoms with Crippen LogP contribution in [0.4, 0.5) is 0 Å². The van der Waals surface area contributed by atoms with E-state index in [1.807, 2.05) is 0 Å². The van der Waals surface area contributed by atoms with Crippen molar-refractivity contribution in [2.24, 2.45) is 10.1 Å². The quantitative estimate of drug-likeness (QED) is 0.248. The number of hydrogen-bond donors (Lipinski definition) is 4.